The zero-order valence-electron chi connectivity index (χ0n) is 10.5. The highest BCUT2D eigenvalue weighted by Crippen LogP contribution is 2.27. The topological polar surface area (TPSA) is 36.0 Å². The van der Waals surface area contributed by atoms with E-state index in [4.69, 9.17) is 11.6 Å². The molecule has 0 saturated carbocycles. The minimum atomic E-state index is -0.655. The van der Waals surface area contributed by atoms with Crippen LogP contribution < -0.4 is 0 Å². The molecular weight excluding hydrogens is 258 g/mol. The molecule has 0 bridgehead atoms. The lowest BCUT2D eigenvalue weighted by molar-refractivity contribution is 0.220. The molecule has 3 heteroatoms. The summed E-state index contributed by atoms with van der Waals surface area (Å²) in [6.07, 6.45) is 1.24. The molecule has 1 atom stereocenters. The molecule has 0 saturated heterocycles. The first-order chi connectivity index (χ1) is 9.15. The minimum absolute atomic E-state index is 0.655. The number of H-pyrrole nitrogens is 1. The predicted molar refractivity (Wildman–Crippen MR) is 78.5 cm³/mol. The van der Waals surface area contributed by atoms with Crippen molar-refractivity contribution in [1.82, 2.24) is 4.98 Å². The fourth-order valence-electron chi connectivity index (χ4n) is 2.21. The van der Waals surface area contributed by atoms with Gasteiger partial charge in [0.05, 0.1) is 0 Å². The van der Waals surface area contributed by atoms with E-state index in [0.29, 0.717) is 5.02 Å². The largest absolute Gasteiger partial charge is 0.384 e. The van der Waals surface area contributed by atoms with Crippen molar-refractivity contribution in [2.45, 2.75) is 13.0 Å². The number of hydrogen-bond donors (Lipinski definition) is 2. The van der Waals surface area contributed by atoms with E-state index in [9.17, 15) is 5.11 Å². The summed E-state index contributed by atoms with van der Waals surface area (Å²) in [7, 11) is 0. The van der Waals surface area contributed by atoms with Gasteiger partial charge < -0.3 is 10.1 Å². The fraction of sp³-hybridized carbons (Fsp3) is 0.125. The molecule has 0 radical (unpaired) electrons. The third-order valence-electron chi connectivity index (χ3n) is 3.40. The van der Waals surface area contributed by atoms with Crippen LogP contribution in [0.25, 0.3) is 10.9 Å². The number of benzene rings is 2. The Balaban J connectivity index is 2.01. The van der Waals surface area contributed by atoms with E-state index in [1.165, 1.54) is 0 Å². The lowest BCUT2D eigenvalue weighted by Gasteiger charge is -2.13. The van der Waals surface area contributed by atoms with Crippen LogP contribution in [0.4, 0.5) is 0 Å². The molecule has 0 aliphatic rings. The van der Waals surface area contributed by atoms with Crippen molar-refractivity contribution < 1.29 is 5.11 Å². The highest BCUT2D eigenvalue weighted by molar-refractivity contribution is 6.31. The van der Waals surface area contributed by atoms with Crippen molar-refractivity contribution in [1.29, 1.82) is 0 Å². The summed E-state index contributed by atoms with van der Waals surface area (Å²) in [6.45, 7) is 1.95. The Kier molecular flexibility index (Phi) is 3.05. The SMILES string of the molecule is Cc1ccc(C(O)c2ccc3[nH]ccc3c2)cc1Cl. The third kappa shape index (κ3) is 2.25. The van der Waals surface area contributed by atoms with E-state index in [-0.39, 0.29) is 0 Å². The van der Waals surface area contributed by atoms with Crippen LogP contribution in [0.5, 0.6) is 0 Å². The van der Waals surface area contributed by atoms with Gasteiger partial charge in [-0.1, -0.05) is 29.8 Å². The van der Waals surface area contributed by atoms with Crippen LogP contribution in [0.2, 0.25) is 5.02 Å². The number of aromatic nitrogens is 1. The van der Waals surface area contributed by atoms with E-state index in [2.05, 4.69) is 4.98 Å². The first kappa shape index (κ1) is 12.3. The van der Waals surface area contributed by atoms with Gasteiger partial charge in [-0.2, -0.15) is 0 Å². The Morgan fingerprint density at radius 2 is 1.79 bits per heavy atom. The predicted octanol–water partition coefficient (Wildman–Crippen LogP) is 4.21. The summed E-state index contributed by atoms with van der Waals surface area (Å²) in [5, 5.41) is 12.2. The van der Waals surface area contributed by atoms with Crippen LogP contribution in [0.3, 0.4) is 0 Å². The first-order valence-electron chi connectivity index (χ1n) is 6.16. The summed E-state index contributed by atoms with van der Waals surface area (Å²) < 4.78 is 0. The Hall–Kier alpha value is -1.77. The molecule has 1 unspecified atom stereocenters. The summed E-state index contributed by atoms with van der Waals surface area (Å²) in [5.74, 6) is 0. The van der Waals surface area contributed by atoms with Crippen LogP contribution in [-0.4, -0.2) is 10.1 Å². The number of aliphatic hydroxyl groups is 1. The number of hydrogen-bond acceptors (Lipinski definition) is 1. The number of aliphatic hydroxyl groups excluding tert-OH is 1. The van der Waals surface area contributed by atoms with Crippen LogP contribution in [0.15, 0.2) is 48.7 Å². The van der Waals surface area contributed by atoms with Crippen molar-refractivity contribution in [3.63, 3.8) is 0 Å². The molecule has 96 valence electrons. The molecule has 3 rings (SSSR count). The molecule has 2 nitrogen and oxygen atoms in total. The van der Waals surface area contributed by atoms with E-state index in [1.807, 2.05) is 55.6 Å². The number of halogens is 1. The monoisotopic (exact) mass is 271 g/mol. The summed E-state index contributed by atoms with van der Waals surface area (Å²) in [4.78, 5) is 3.14. The Morgan fingerprint density at radius 1 is 1.05 bits per heavy atom. The van der Waals surface area contributed by atoms with E-state index in [1.54, 1.807) is 0 Å². The zero-order valence-corrected chi connectivity index (χ0v) is 11.3. The normalized spacial score (nSPS) is 12.8. The average Bonchev–Trinajstić information content (AvgIpc) is 2.88. The maximum Gasteiger partial charge on any atom is 0.104 e. The second kappa shape index (κ2) is 4.72. The second-order valence-corrected chi connectivity index (χ2v) is 5.14. The van der Waals surface area contributed by atoms with Crippen LogP contribution >= 0.6 is 11.6 Å². The number of nitrogens with one attached hydrogen (secondary N) is 1. The lowest BCUT2D eigenvalue weighted by Crippen LogP contribution is -1.99. The maximum atomic E-state index is 10.4. The minimum Gasteiger partial charge on any atom is -0.384 e. The quantitative estimate of drug-likeness (QED) is 0.720. The van der Waals surface area contributed by atoms with Gasteiger partial charge in [-0.05, 0) is 53.3 Å². The molecule has 0 aliphatic carbocycles. The number of aromatic amines is 1. The molecule has 0 spiro atoms. The number of aryl methyl sites for hydroxylation is 1. The highest BCUT2D eigenvalue weighted by atomic mass is 35.5. The van der Waals surface area contributed by atoms with E-state index < -0.39 is 6.10 Å². The maximum absolute atomic E-state index is 10.4. The molecular formula is C16H14ClNO. The van der Waals surface area contributed by atoms with Crippen molar-refractivity contribution in [2.75, 3.05) is 0 Å². The van der Waals surface area contributed by atoms with Gasteiger partial charge in [-0.15, -0.1) is 0 Å². The average molecular weight is 272 g/mol. The van der Waals surface area contributed by atoms with Crippen molar-refractivity contribution in [2.24, 2.45) is 0 Å². The van der Waals surface area contributed by atoms with Crippen LogP contribution in [-0.2, 0) is 0 Å². The van der Waals surface area contributed by atoms with Crippen LogP contribution in [0, 0.1) is 6.92 Å². The molecule has 3 aromatic rings. The zero-order chi connectivity index (χ0) is 13.4. The standard InChI is InChI=1S/C16H14ClNO/c1-10-2-3-13(9-14(10)17)16(19)12-4-5-15-11(8-12)6-7-18-15/h2-9,16,18-19H,1H3. The Morgan fingerprint density at radius 3 is 2.58 bits per heavy atom. The van der Waals surface area contributed by atoms with Crippen LogP contribution in [0.1, 0.15) is 22.8 Å². The Bertz CT molecular complexity index is 732. The van der Waals surface area contributed by atoms with Crippen molar-refractivity contribution in [3.8, 4) is 0 Å². The lowest BCUT2D eigenvalue weighted by atomic mass is 9.99. The van der Waals surface area contributed by atoms with E-state index in [0.717, 1.165) is 27.6 Å². The van der Waals surface area contributed by atoms with Gasteiger partial charge in [0.2, 0.25) is 0 Å². The highest BCUT2D eigenvalue weighted by Gasteiger charge is 2.12. The third-order valence-corrected chi connectivity index (χ3v) is 3.81. The Labute approximate surface area is 116 Å². The summed E-state index contributed by atoms with van der Waals surface area (Å²) >= 11 is 6.11. The van der Waals surface area contributed by atoms with Gasteiger partial charge in [-0.3, -0.25) is 0 Å². The summed E-state index contributed by atoms with van der Waals surface area (Å²) in [5.41, 5.74) is 3.76. The smallest absolute Gasteiger partial charge is 0.104 e. The van der Waals surface area contributed by atoms with Gasteiger partial charge in [-0.25, -0.2) is 0 Å². The first-order valence-corrected chi connectivity index (χ1v) is 6.54. The molecule has 0 amide bonds. The molecule has 2 aromatic carbocycles. The summed E-state index contributed by atoms with van der Waals surface area (Å²) in [6, 6.07) is 13.5. The van der Waals surface area contributed by atoms with Crippen molar-refractivity contribution in [3.05, 3.63) is 70.4 Å². The van der Waals surface area contributed by atoms with Gasteiger partial charge in [0.25, 0.3) is 0 Å². The van der Waals surface area contributed by atoms with Gasteiger partial charge in [0, 0.05) is 16.7 Å². The second-order valence-electron chi connectivity index (χ2n) is 4.74. The molecule has 19 heavy (non-hydrogen) atoms. The number of fused-ring (bicyclic) bond motifs is 1. The molecule has 0 aliphatic heterocycles. The van der Waals surface area contributed by atoms with Gasteiger partial charge in [0.1, 0.15) is 6.10 Å². The van der Waals surface area contributed by atoms with Gasteiger partial charge >= 0.3 is 0 Å². The van der Waals surface area contributed by atoms with Gasteiger partial charge in [0.15, 0.2) is 0 Å². The molecule has 2 N–H and O–H groups in total. The molecule has 0 fully saturated rings. The van der Waals surface area contributed by atoms with E-state index >= 15 is 0 Å². The van der Waals surface area contributed by atoms with Crippen molar-refractivity contribution >= 4 is 22.5 Å². The molecule has 1 aromatic heterocycles. The molecule has 1 heterocycles. The number of rotatable bonds is 2. The fourth-order valence-corrected chi connectivity index (χ4v) is 2.40.